The Morgan fingerprint density at radius 3 is 2.65 bits per heavy atom. The first-order valence-corrected chi connectivity index (χ1v) is 7.10. The minimum Gasteiger partial charge on any atom is -0.357 e. The van der Waals surface area contributed by atoms with Gasteiger partial charge in [0.2, 0.25) is 0 Å². The van der Waals surface area contributed by atoms with Crippen molar-refractivity contribution >= 4 is 5.82 Å². The molecule has 3 rings (SSSR count). The van der Waals surface area contributed by atoms with Crippen LogP contribution in [0.5, 0.6) is 0 Å². The van der Waals surface area contributed by atoms with Crippen molar-refractivity contribution in [2.24, 2.45) is 0 Å². The lowest BCUT2D eigenvalue weighted by atomic mass is 9.89. The molecule has 5 heteroatoms. The molecule has 2 aliphatic rings. The highest BCUT2D eigenvalue weighted by Crippen LogP contribution is 2.37. The van der Waals surface area contributed by atoms with Crippen LogP contribution >= 0.6 is 0 Å². The number of hydrogen-bond donors (Lipinski definition) is 0. The van der Waals surface area contributed by atoms with Gasteiger partial charge in [0.05, 0.1) is 13.2 Å². The Kier molecular flexibility index (Phi) is 3.60. The van der Waals surface area contributed by atoms with E-state index >= 15 is 0 Å². The van der Waals surface area contributed by atoms with Crippen LogP contribution in [0.1, 0.15) is 31.4 Å². The van der Waals surface area contributed by atoms with Crippen LogP contribution in [0.15, 0.2) is 18.2 Å². The van der Waals surface area contributed by atoms with Gasteiger partial charge in [-0.3, -0.25) is 0 Å². The number of rotatable bonds is 2. The molecule has 1 spiro atoms. The van der Waals surface area contributed by atoms with Crippen molar-refractivity contribution in [3.63, 3.8) is 0 Å². The zero-order chi connectivity index (χ0) is 14.0. The minimum atomic E-state index is -0.320. The molecular weight excluding hydrogens is 254 g/mol. The zero-order valence-electron chi connectivity index (χ0n) is 11.7. The Labute approximate surface area is 119 Å². The predicted molar refractivity (Wildman–Crippen MR) is 74.2 cm³/mol. The molecule has 1 saturated heterocycles. The van der Waals surface area contributed by atoms with Crippen LogP contribution < -0.4 is 4.90 Å². The van der Waals surface area contributed by atoms with E-state index in [0.29, 0.717) is 24.9 Å². The average Bonchev–Trinajstić information content (AvgIpc) is 2.96. The summed E-state index contributed by atoms with van der Waals surface area (Å²) < 4.78 is 11.5. The minimum absolute atomic E-state index is 0.320. The van der Waals surface area contributed by atoms with Crippen LogP contribution in [0.2, 0.25) is 0 Å². The molecule has 1 saturated carbocycles. The number of nitriles is 1. The molecule has 1 aromatic heterocycles. The summed E-state index contributed by atoms with van der Waals surface area (Å²) in [6.45, 7) is 1.43. The third-order valence-corrected chi connectivity index (χ3v) is 4.29. The molecule has 0 radical (unpaired) electrons. The van der Waals surface area contributed by atoms with Crippen LogP contribution in [-0.2, 0) is 9.47 Å². The number of pyridine rings is 1. The number of anilines is 1. The van der Waals surface area contributed by atoms with Crippen molar-refractivity contribution in [3.05, 3.63) is 23.9 Å². The van der Waals surface area contributed by atoms with E-state index in [2.05, 4.69) is 16.0 Å². The monoisotopic (exact) mass is 273 g/mol. The van der Waals surface area contributed by atoms with Crippen molar-refractivity contribution in [2.75, 3.05) is 25.2 Å². The maximum atomic E-state index is 8.93. The highest BCUT2D eigenvalue weighted by molar-refractivity contribution is 5.41. The van der Waals surface area contributed by atoms with Crippen molar-refractivity contribution in [2.45, 2.75) is 37.5 Å². The Bertz CT molecular complexity index is 510. The van der Waals surface area contributed by atoms with Gasteiger partial charge in [-0.1, -0.05) is 6.07 Å². The molecule has 0 atom stereocenters. The smallest absolute Gasteiger partial charge is 0.168 e. The molecule has 1 aliphatic heterocycles. The first-order valence-electron chi connectivity index (χ1n) is 7.10. The van der Waals surface area contributed by atoms with Gasteiger partial charge < -0.3 is 14.4 Å². The van der Waals surface area contributed by atoms with Gasteiger partial charge in [-0.25, -0.2) is 4.98 Å². The fourth-order valence-electron chi connectivity index (χ4n) is 3.08. The molecule has 2 heterocycles. The molecule has 20 heavy (non-hydrogen) atoms. The number of ether oxygens (including phenoxy) is 2. The second-order valence-corrected chi connectivity index (χ2v) is 5.44. The Balaban J connectivity index is 1.66. The largest absolute Gasteiger partial charge is 0.357 e. The maximum absolute atomic E-state index is 8.93. The number of nitrogens with zero attached hydrogens (tertiary/aromatic N) is 3. The molecule has 0 bridgehead atoms. The van der Waals surface area contributed by atoms with Gasteiger partial charge in [-0.05, 0) is 25.0 Å². The second-order valence-electron chi connectivity index (χ2n) is 5.44. The molecule has 1 aromatic rings. The van der Waals surface area contributed by atoms with E-state index in [1.165, 1.54) is 0 Å². The van der Waals surface area contributed by atoms with Crippen molar-refractivity contribution in [1.29, 1.82) is 5.26 Å². The molecule has 0 unspecified atom stereocenters. The molecule has 2 fully saturated rings. The predicted octanol–water partition coefficient (Wildman–Crippen LogP) is 2.08. The number of hydrogen-bond acceptors (Lipinski definition) is 5. The molecule has 1 aliphatic carbocycles. The van der Waals surface area contributed by atoms with E-state index in [1.807, 2.05) is 19.2 Å². The van der Waals surface area contributed by atoms with Crippen LogP contribution in [-0.4, -0.2) is 37.1 Å². The average molecular weight is 273 g/mol. The quantitative estimate of drug-likeness (QED) is 0.825. The van der Waals surface area contributed by atoms with Gasteiger partial charge in [-0.15, -0.1) is 0 Å². The molecular formula is C15H19N3O2. The van der Waals surface area contributed by atoms with Gasteiger partial charge >= 0.3 is 0 Å². The molecule has 5 nitrogen and oxygen atoms in total. The van der Waals surface area contributed by atoms with Crippen molar-refractivity contribution in [3.8, 4) is 6.07 Å². The van der Waals surface area contributed by atoms with Gasteiger partial charge in [-0.2, -0.15) is 5.26 Å². The fraction of sp³-hybridized carbons (Fsp3) is 0.600. The Morgan fingerprint density at radius 1 is 1.30 bits per heavy atom. The van der Waals surface area contributed by atoms with Gasteiger partial charge in [0.15, 0.2) is 5.79 Å². The van der Waals surface area contributed by atoms with E-state index < -0.39 is 0 Å². The van der Waals surface area contributed by atoms with E-state index in [0.717, 1.165) is 31.5 Å². The lowest BCUT2D eigenvalue weighted by Crippen LogP contribution is -2.43. The third-order valence-electron chi connectivity index (χ3n) is 4.29. The Morgan fingerprint density at radius 2 is 2.00 bits per heavy atom. The van der Waals surface area contributed by atoms with Crippen LogP contribution in [0.25, 0.3) is 0 Å². The van der Waals surface area contributed by atoms with E-state index in [-0.39, 0.29) is 5.79 Å². The molecule has 106 valence electrons. The van der Waals surface area contributed by atoms with Gasteiger partial charge in [0.25, 0.3) is 0 Å². The summed E-state index contributed by atoms with van der Waals surface area (Å²) in [5, 5.41) is 8.93. The standard InChI is InChI=1S/C15H19N3O2/c1-18(14-4-2-3-12(11-16)17-14)13-5-7-15(8-6-13)19-9-10-20-15/h2-4,13H,5-10H2,1H3. The fourth-order valence-corrected chi connectivity index (χ4v) is 3.08. The summed E-state index contributed by atoms with van der Waals surface area (Å²) in [5.41, 5.74) is 0.462. The summed E-state index contributed by atoms with van der Waals surface area (Å²) in [6.07, 6.45) is 3.91. The third kappa shape index (κ3) is 2.49. The Hall–Kier alpha value is -1.64. The summed E-state index contributed by atoms with van der Waals surface area (Å²) in [4.78, 5) is 6.53. The second kappa shape index (κ2) is 5.39. The molecule has 0 amide bonds. The lowest BCUT2D eigenvalue weighted by Gasteiger charge is -2.39. The summed E-state index contributed by atoms with van der Waals surface area (Å²) >= 11 is 0. The van der Waals surface area contributed by atoms with Crippen LogP contribution in [0, 0.1) is 11.3 Å². The van der Waals surface area contributed by atoms with Crippen LogP contribution in [0.3, 0.4) is 0 Å². The normalized spacial score (nSPS) is 21.8. The first kappa shape index (κ1) is 13.3. The zero-order valence-corrected chi connectivity index (χ0v) is 11.7. The summed E-state index contributed by atoms with van der Waals surface area (Å²) in [7, 11) is 2.04. The van der Waals surface area contributed by atoms with Crippen LogP contribution in [0.4, 0.5) is 5.82 Å². The topological polar surface area (TPSA) is 58.4 Å². The SMILES string of the molecule is CN(c1cccc(C#N)n1)C1CCC2(CC1)OCCO2. The van der Waals surface area contributed by atoms with Crippen molar-refractivity contribution in [1.82, 2.24) is 4.98 Å². The highest BCUT2D eigenvalue weighted by atomic mass is 16.7. The first-order chi connectivity index (χ1) is 9.72. The molecule has 0 N–H and O–H groups in total. The van der Waals surface area contributed by atoms with Gasteiger partial charge in [0, 0.05) is 25.9 Å². The summed E-state index contributed by atoms with van der Waals surface area (Å²) in [5.74, 6) is 0.539. The van der Waals surface area contributed by atoms with Gasteiger partial charge in [0.1, 0.15) is 17.6 Å². The molecule has 0 aromatic carbocycles. The van der Waals surface area contributed by atoms with Crippen molar-refractivity contribution < 1.29 is 9.47 Å². The van der Waals surface area contributed by atoms with E-state index in [4.69, 9.17) is 14.7 Å². The number of aromatic nitrogens is 1. The maximum Gasteiger partial charge on any atom is 0.168 e. The van der Waals surface area contributed by atoms with E-state index in [1.54, 1.807) is 6.07 Å². The van der Waals surface area contributed by atoms with E-state index in [9.17, 15) is 0 Å². The lowest BCUT2D eigenvalue weighted by molar-refractivity contribution is -0.178. The highest BCUT2D eigenvalue weighted by Gasteiger charge is 2.41. The summed E-state index contributed by atoms with van der Waals surface area (Å²) in [6, 6.07) is 8.07.